The van der Waals surface area contributed by atoms with E-state index < -0.39 is 29.4 Å². The van der Waals surface area contributed by atoms with Gasteiger partial charge in [-0.2, -0.15) is 13.2 Å². The molecule has 8 heteroatoms. The van der Waals surface area contributed by atoms with E-state index in [9.17, 15) is 27.2 Å². The normalized spacial score (nSPS) is 18.5. The van der Waals surface area contributed by atoms with Gasteiger partial charge in [0.2, 0.25) is 0 Å². The number of carboxylic acid groups (broad SMARTS) is 1. The van der Waals surface area contributed by atoms with Gasteiger partial charge in [-0.15, -0.1) is 0 Å². The summed E-state index contributed by atoms with van der Waals surface area (Å²) in [6, 6.07) is 1.84. The van der Waals surface area contributed by atoms with Gasteiger partial charge in [-0.3, -0.25) is 9.59 Å². The van der Waals surface area contributed by atoms with E-state index in [1.807, 2.05) is 0 Å². The van der Waals surface area contributed by atoms with E-state index >= 15 is 0 Å². The number of halogens is 4. The summed E-state index contributed by atoms with van der Waals surface area (Å²) in [5.74, 6) is -3.05. The van der Waals surface area contributed by atoms with Crippen molar-refractivity contribution in [3.05, 3.63) is 35.1 Å². The minimum atomic E-state index is -4.88. The second-order valence-electron chi connectivity index (χ2n) is 5.77. The van der Waals surface area contributed by atoms with E-state index in [4.69, 9.17) is 5.11 Å². The molecule has 0 aromatic heterocycles. The predicted octanol–water partition coefficient (Wildman–Crippen LogP) is 3.70. The smallest absolute Gasteiger partial charge is 0.419 e. The maximum absolute atomic E-state index is 13.3. The zero-order valence-electron chi connectivity index (χ0n) is 12.8. The Balaban J connectivity index is 2.24. The lowest BCUT2D eigenvalue weighted by molar-refractivity contribution is -0.140. The highest BCUT2D eigenvalue weighted by Crippen LogP contribution is 2.32. The predicted molar refractivity (Wildman–Crippen MR) is 76.9 cm³/mol. The third-order valence-corrected chi connectivity index (χ3v) is 4.10. The number of benzene rings is 1. The van der Waals surface area contributed by atoms with Gasteiger partial charge in [0.05, 0.1) is 5.56 Å². The summed E-state index contributed by atoms with van der Waals surface area (Å²) in [4.78, 5) is 24.6. The number of alkyl halides is 3. The first-order chi connectivity index (χ1) is 11.2. The molecule has 0 bridgehead atoms. The van der Waals surface area contributed by atoms with Crippen molar-refractivity contribution in [2.24, 2.45) is 0 Å². The van der Waals surface area contributed by atoms with Crippen molar-refractivity contribution < 1.29 is 32.3 Å². The first-order valence-corrected chi connectivity index (χ1v) is 7.59. The number of piperidine rings is 1. The van der Waals surface area contributed by atoms with Crippen LogP contribution in [0, 0.1) is 5.82 Å². The summed E-state index contributed by atoms with van der Waals surface area (Å²) in [5, 5.41) is 8.77. The fourth-order valence-electron chi connectivity index (χ4n) is 2.90. The lowest BCUT2D eigenvalue weighted by atomic mass is 9.96. The Kier molecular flexibility index (Phi) is 5.46. The molecule has 1 aromatic carbocycles. The molecule has 1 fully saturated rings. The summed E-state index contributed by atoms with van der Waals surface area (Å²) in [5.41, 5.74) is -1.72. The minimum Gasteiger partial charge on any atom is -0.481 e. The molecule has 0 radical (unpaired) electrons. The molecule has 1 saturated heterocycles. The number of rotatable bonds is 4. The van der Waals surface area contributed by atoms with Gasteiger partial charge >= 0.3 is 12.1 Å². The van der Waals surface area contributed by atoms with Crippen molar-refractivity contribution in [2.45, 2.75) is 44.3 Å². The minimum absolute atomic E-state index is 0.119. The van der Waals surface area contributed by atoms with Crippen LogP contribution in [0.4, 0.5) is 17.6 Å². The Morgan fingerprint density at radius 2 is 1.96 bits per heavy atom. The number of carbonyl (C=O) groups is 2. The quantitative estimate of drug-likeness (QED) is 0.845. The summed E-state index contributed by atoms with van der Waals surface area (Å²) >= 11 is 0. The second kappa shape index (κ2) is 7.19. The summed E-state index contributed by atoms with van der Waals surface area (Å²) in [7, 11) is 0. The van der Waals surface area contributed by atoms with E-state index in [2.05, 4.69) is 0 Å². The lowest BCUT2D eigenvalue weighted by Crippen LogP contribution is -2.44. The largest absolute Gasteiger partial charge is 0.481 e. The maximum atomic E-state index is 13.3. The van der Waals surface area contributed by atoms with Crippen LogP contribution in [0.1, 0.15) is 48.0 Å². The average Bonchev–Trinajstić information content (AvgIpc) is 2.52. The average molecular weight is 347 g/mol. The van der Waals surface area contributed by atoms with Crippen molar-refractivity contribution >= 4 is 11.9 Å². The molecule has 132 valence electrons. The second-order valence-corrected chi connectivity index (χ2v) is 5.77. The van der Waals surface area contributed by atoms with Crippen molar-refractivity contribution in [3.63, 3.8) is 0 Å². The van der Waals surface area contributed by atoms with Gasteiger partial charge < -0.3 is 10.0 Å². The van der Waals surface area contributed by atoms with Gasteiger partial charge in [0.25, 0.3) is 5.91 Å². The molecule has 0 spiro atoms. The van der Waals surface area contributed by atoms with Gasteiger partial charge in [0.1, 0.15) is 5.82 Å². The molecule has 1 unspecified atom stereocenters. The zero-order chi connectivity index (χ0) is 17.9. The van der Waals surface area contributed by atoms with Crippen LogP contribution in [-0.2, 0) is 11.0 Å². The summed E-state index contributed by atoms with van der Waals surface area (Å²) in [6.45, 7) is 0.349. The topological polar surface area (TPSA) is 57.6 Å². The van der Waals surface area contributed by atoms with E-state index in [0.29, 0.717) is 31.5 Å². The highest BCUT2D eigenvalue weighted by Gasteiger charge is 2.36. The summed E-state index contributed by atoms with van der Waals surface area (Å²) in [6.07, 6.45) is -2.63. The van der Waals surface area contributed by atoms with Gasteiger partial charge in [-0.25, -0.2) is 4.39 Å². The SMILES string of the molecule is O=C(O)CCC1CCCCN1C(=O)c1ccc(F)c(C(F)(F)F)c1. The van der Waals surface area contributed by atoms with Crippen molar-refractivity contribution in [1.82, 2.24) is 4.90 Å². The van der Waals surface area contributed by atoms with E-state index in [0.717, 1.165) is 12.5 Å². The Morgan fingerprint density at radius 3 is 2.58 bits per heavy atom. The monoisotopic (exact) mass is 347 g/mol. The first kappa shape index (κ1) is 18.2. The van der Waals surface area contributed by atoms with E-state index in [-0.39, 0.29) is 24.4 Å². The van der Waals surface area contributed by atoms with Gasteiger partial charge in [-0.1, -0.05) is 0 Å². The van der Waals surface area contributed by atoms with Crippen LogP contribution in [0.2, 0.25) is 0 Å². The maximum Gasteiger partial charge on any atom is 0.419 e. The number of nitrogens with zero attached hydrogens (tertiary/aromatic N) is 1. The van der Waals surface area contributed by atoms with Gasteiger partial charge in [0, 0.05) is 24.6 Å². The molecule has 1 aliphatic heterocycles. The van der Waals surface area contributed by atoms with Crippen LogP contribution in [0.5, 0.6) is 0 Å². The molecular formula is C16H17F4NO3. The van der Waals surface area contributed by atoms with Crippen molar-refractivity contribution in [1.29, 1.82) is 0 Å². The van der Waals surface area contributed by atoms with Crippen LogP contribution in [0.25, 0.3) is 0 Å². The fraction of sp³-hybridized carbons (Fsp3) is 0.500. The molecule has 1 atom stereocenters. The number of carboxylic acids is 1. The Morgan fingerprint density at radius 1 is 1.25 bits per heavy atom. The van der Waals surface area contributed by atoms with E-state index in [1.165, 1.54) is 4.90 Å². The molecule has 24 heavy (non-hydrogen) atoms. The van der Waals surface area contributed by atoms with Crippen molar-refractivity contribution in [2.75, 3.05) is 6.54 Å². The van der Waals surface area contributed by atoms with Gasteiger partial charge in [0.15, 0.2) is 0 Å². The molecule has 4 nitrogen and oxygen atoms in total. The number of amides is 1. The molecule has 0 aliphatic carbocycles. The molecule has 1 amide bonds. The Labute approximate surface area is 136 Å². The number of carbonyl (C=O) groups excluding carboxylic acids is 1. The molecule has 0 saturated carbocycles. The molecule has 2 rings (SSSR count). The third kappa shape index (κ3) is 4.24. The van der Waals surface area contributed by atoms with Crippen LogP contribution >= 0.6 is 0 Å². The standard InChI is InChI=1S/C16H17F4NO3/c17-13-6-4-10(9-12(13)16(18,19)20)15(24)21-8-2-1-3-11(21)5-7-14(22)23/h4,6,9,11H,1-3,5,7-8H2,(H,22,23). The number of aliphatic carboxylic acids is 1. The Bertz CT molecular complexity index is 630. The lowest BCUT2D eigenvalue weighted by Gasteiger charge is -2.36. The van der Waals surface area contributed by atoms with Crippen LogP contribution < -0.4 is 0 Å². The Hall–Kier alpha value is -2.12. The van der Waals surface area contributed by atoms with Crippen LogP contribution in [-0.4, -0.2) is 34.5 Å². The molecule has 1 N–H and O–H groups in total. The number of hydrogen-bond acceptors (Lipinski definition) is 2. The van der Waals surface area contributed by atoms with E-state index in [1.54, 1.807) is 0 Å². The number of likely N-dealkylation sites (tertiary alicyclic amines) is 1. The fourth-order valence-corrected chi connectivity index (χ4v) is 2.90. The molecular weight excluding hydrogens is 330 g/mol. The number of hydrogen-bond donors (Lipinski definition) is 1. The highest BCUT2D eigenvalue weighted by atomic mass is 19.4. The van der Waals surface area contributed by atoms with Crippen LogP contribution in [0.3, 0.4) is 0 Å². The molecule has 1 heterocycles. The third-order valence-electron chi connectivity index (χ3n) is 4.10. The van der Waals surface area contributed by atoms with Crippen LogP contribution in [0.15, 0.2) is 18.2 Å². The first-order valence-electron chi connectivity index (χ1n) is 7.59. The van der Waals surface area contributed by atoms with Crippen molar-refractivity contribution in [3.8, 4) is 0 Å². The summed E-state index contributed by atoms with van der Waals surface area (Å²) < 4.78 is 51.7. The zero-order valence-corrected chi connectivity index (χ0v) is 12.8. The molecule has 1 aliphatic rings. The molecule has 1 aromatic rings. The van der Waals surface area contributed by atoms with Gasteiger partial charge in [-0.05, 0) is 43.9 Å². The highest BCUT2D eigenvalue weighted by molar-refractivity contribution is 5.94.